The van der Waals surface area contributed by atoms with Gasteiger partial charge in [0.05, 0.1) is 0 Å². The van der Waals surface area contributed by atoms with Crippen LogP contribution in [0.5, 0.6) is 0 Å². The second-order valence-corrected chi connectivity index (χ2v) is 4.42. The van der Waals surface area contributed by atoms with Crippen LogP contribution in [0.2, 0.25) is 10.4 Å². The van der Waals surface area contributed by atoms with Crippen LogP contribution in [0, 0.1) is 0 Å². The number of halogens is 2. The molecule has 0 unspecified atom stereocenters. The minimum absolute atomic E-state index is 0.105. The molecule has 86 valence electrons. The highest BCUT2D eigenvalue weighted by Crippen LogP contribution is 2.35. The van der Waals surface area contributed by atoms with Gasteiger partial charge in [0.2, 0.25) is 5.28 Å². The molecule has 4 nitrogen and oxygen atoms in total. The molecule has 0 atom stereocenters. The van der Waals surface area contributed by atoms with Crippen molar-refractivity contribution in [2.75, 3.05) is 11.4 Å². The number of para-hydroxylation sites is 1. The third-order valence-corrected chi connectivity index (χ3v) is 3.15. The van der Waals surface area contributed by atoms with Crippen molar-refractivity contribution in [1.82, 2.24) is 15.2 Å². The molecule has 0 saturated carbocycles. The zero-order chi connectivity index (χ0) is 11.8. The molecule has 1 aliphatic rings. The van der Waals surface area contributed by atoms with Gasteiger partial charge in [-0.2, -0.15) is 4.98 Å². The first-order chi connectivity index (χ1) is 8.25. The van der Waals surface area contributed by atoms with Crippen molar-refractivity contribution in [3.8, 4) is 0 Å². The van der Waals surface area contributed by atoms with Gasteiger partial charge in [-0.25, -0.2) is 0 Å². The zero-order valence-corrected chi connectivity index (χ0v) is 10.3. The summed E-state index contributed by atoms with van der Waals surface area (Å²) in [6, 6.07) is 8.14. The van der Waals surface area contributed by atoms with Crippen molar-refractivity contribution in [3.63, 3.8) is 0 Å². The number of aromatic nitrogens is 3. The molecule has 0 aliphatic carbocycles. The molecule has 6 heteroatoms. The Hall–Kier alpha value is -1.39. The van der Waals surface area contributed by atoms with Gasteiger partial charge in [0, 0.05) is 12.2 Å². The SMILES string of the molecule is Clc1nnc(Cl)c(N2CCc3ccccc32)n1. The topological polar surface area (TPSA) is 41.9 Å². The number of nitrogens with zero attached hydrogens (tertiary/aromatic N) is 4. The van der Waals surface area contributed by atoms with E-state index in [0.717, 1.165) is 18.7 Å². The van der Waals surface area contributed by atoms with Crippen LogP contribution in [0.4, 0.5) is 11.5 Å². The minimum Gasteiger partial charge on any atom is -0.323 e. The summed E-state index contributed by atoms with van der Waals surface area (Å²) in [7, 11) is 0. The lowest BCUT2D eigenvalue weighted by molar-refractivity contribution is 0.914. The molecule has 0 saturated heterocycles. The van der Waals surface area contributed by atoms with E-state index in [4.69, 9.17) is 23.2 Å². The summed E-state index contributed by atoms with van der Waals surface area (Å²) in [6.07, 6.45) is 0.966. The molecular weight excluding hydrogens is 259 g/mol. The molecule has 0 radical (unpaired) electrons. The molecule has 0 bridgehead atoms. The van der Waals surface area contributed by atoms with Crippen molar-refractivity contribution in [1.29, 1.82) is 0 Å². The van der Waals surface area contributed by atoms with Crippen LogP contribution in [-0.4, -0.2) is 21.7 Å². The molecule has 3 rings (SSSR count). The normalized spacial score (nSPS) is 13.9. The molecule has 0 amide bonds. The average molecular weight is 267 g/mol. The number of hydrogen-bond acceptors (Lipinski definition) is 4. The predicted octanol–water partition coefficient (Wildman–Crippen LogP) is 2.87. The average Bonchev–Trinajstić information content (AvgIpc) is 2.76. The Morgan fingerprint density at radius 3 is 2.82 bits per heavy atom. The molecule has 0 spiro atoms. The lowest BCUT2D eigenvalue weighted by Crippen LogP contribution is -2.16. The van der Waals surface area contributed by atoms with Crippen molar-refractivity contribution in [2.45, 2.75) is 6.42 Å². The lowest BCUT2D eigenvalue weighted by Gasteiger charge is -2.18. The van der Waals surface area contributed by atoms with Crippen molar-refractivity contribution >= 4 is 34.7 Å². The smallest absolute Gasteiger partial charge is 0.245 e. The summed E-state index contributed by atoms with van der Waals surface area (Å²) in [5.41, 5.74) is 2.38. The quantitative estimate of drug-likeness (QED) is 0.796. The van der Waals surface area contributed by atoms with Crippen LogP contribution in [0.15, 0.2) is 24.3 Å². The van der Waals surface area contributed by atoms with Gasteiger partial charge < -0.3 is 4.90 Å². The fraction of sp³-hybridized carbons (Fsp3) is 0.182. The van der Waals surface area contributed by atoms with Gasteiger partial charge in [-0.15, -0.1) is 10.2 Å². The lowest BCUT2D eigenvalue weighted by atomic mass is 10.2. The van der Waals surface area contributed by atoms with Crippen molar-refractivity contribution < 1.29 is 0 Å². The van der Waals surface area contributed by atoms with Gasteiger partial charge in [0.25, 0.3) is 0 Å². The van der Waals surface area contributed by atoms with E-state index in [0.29, 0.717) is 5.82 Å². The summed E-state index contributed by atoms with van der Waals surface area (Å²) < 4.78 is 0. The van der Waals surface area contributed by atoms with Gasteiger partial charge in [-0.05, 0) is 29.7 Å². The van der Waals surface area contributed by atoms with Gasteiger partial charge in [0.15, 0.2) is 11.0 Å². The number of fused-ring (bicyclic) bond motifs is 1. The molecule has 17 heavy (non-hydrogen) atoms. The highest BCUT2D eigenvalue weighted by molar-refractivity contribution is 6.32. The van der Waals surface area contributed by atoms with Crippen LogP contribution in [-0.2, 0) is 6.42 Å². The highest BCUT2D eigenvalue weighted by atomic mass is 35.5. The van der Waals surface area contributed by atoms with Crippen LogP contribution in [0.25, 0.3) is 0 Å². The molecule has 0 fully saturated rings. The second kappa shape index (κ2) is 4.13. The number of anilines is 2. The molecule has 1 aromatic carbocycles. The molecule has 1 aliphatic heterocycles. The van der Waals surface area contributed by atoms with E-state index in [1.54, 1.807) is 0 Å². The van der Waals surface area contributed by atoms with Crippen LogP contribution >= 0.6 is 23.2 Å². The van der Waals surface area contributed by atoms with Gasteiger partial charge >= 0.3 is 0 Å². The fourth-order valence-electron chi connectivity index (χ4n) is 2.02. The van der Waals surface area contributed by atoms with Gasteiger partial charge in [0.1, 0.15) is 0 Å². The summed E-state index contributed by atoms with van der Waals surface area (Å²) in [5, 5.41) is 7.76. The fourth-order valence-corrected chi connectivity index (χ4v) is 2.32. The first-order valence-electron chi connectivity index (χ1n) is 5.17. The van der Waals surface area contributed by atoms with E-state index in [9.17, 15) is 0 Å². The van der Waals surface area contributed by atoms with E-state index in [1.807, 2.05) is 23.1 Å². The van der Waals surface area contributed by atoms with Crippen LogP contribution < -0.4 is 4.90 Å². The largest absolute Gasteiger partial charge is 0.323 e. The molecule has 2 aromatic rings. The first kappa shape index (κ1) is 10.7. The number of hydrogen-bond donors (Lipinski definition) is 0. The standard InChI is InChI=1S/C11H8Cl2N4/c12-9-10(14-11(13)16-15-9)17-6-5-7-3-1-2-4-8(7)17/h1-4H,5-6H2. The van der Waals surface area contributed by atoms with E-state index >= 15 is 0 Å². The van der Waals surface area contributed by atoms with Crippen molar-refractivity contribution in [3.05, 3.63) is 40.3 Å². The molecule has 0 N–H and O–H groups in total. The Labute approximate surface area is 108 Å². The summed E-state index contributed by atoms with van der Waals surface area (Å²) in [6.45, 7) is 0.827. The predicted molar refractivity (Wildman–Crippen MR) is 67.0 cm³/mol. The van der Waals surface area contributed by atoms with Gasteiger partial charge in [-0.3, -0.25) is 0 Å². The van der Waals surface area contributed by atoms with E-state index in [1.165, 1.54) is 5.56 Å². The van der Waals surface area contributed by atoms with E-state index < -0.39 is 0 Å². The van der Waals surface area contributed by atoms with Crippen molar-refractivity contribution in [2.24, 2.45) is 0 Å². The van der Waals surface area contributed by atoms with Gasteiger partial charge in [-0.1, -0.05) is 29.8 Å². The first-order valence-corrected chi connectivity index (χ1v) is 5.92. The minimum atomic E-state index is 0.105. The second-order valence-electron chi connectivity index (χ2n) is 3.73. The summed E-state index contributed by atoms with van der Waals surface area (Å²) >= 11 is 11.8. The molecular formula is C11H8Cl2N4. The highest BCUT2D eigenvalue weighted by Gasteiger charge is 2.23. The number of rotatable bonds is 1. The number of benzene rings is 1. The van der Waals surface area contributed by atoms with E-state index in [-0.39, 0.29) is 10.4 Å². The molecule has 2 heterocycles. The Kier molecular flexibility index (Phi) is 2.61. The third kappa shape index (κ3) is 1.83. The summed E-state index contributed by atoms with van der Waals surface area (Å²) in [4.78, 5) is 6.15. The maximum atomic E-state index is 6.01. The van der Waals surface area contributed by atoms with Crippen LogP contribution in [0.3, 0.4) is 0 Å². The Bertz CT molecular complexity index is 573. The maximum Gasteiger partial charge on any atom is 0.245 e. The zero-order valence-electron chi connectivity index (χ0n) is 8.77. The Morgan fingerprint density at radius 2 is 1.94 bits per heavy atom. The Morgan fingerprint density at radius 1 is 1.12 bits per heavy atom. The van der Waals surface area contributed by atoms with Crippen LogP contribution in [0.1, 0.15) is 5.56 Å². The monoisotopic (exact) mass is 266 g/mol. The maximum absolute atomic E-state index is 6.01. The molecule has 1 aromatic heterocycles. The Balaban J connectivity index is 2.10. The summed E-state index contributed by atoms with van der Waals surface area (Å²) in [5.74, 6) is 0.566. The third-order valence-electron chi connectivity index (χ3n) is 2.75. The van der Waals surface area contributed by atoms with E-state index in [2.05, 4.69) is 21.2 Å².